The lowest BCUT2D eigenvalue weighted by atomic mass is 10.0. The van der Waals surface area contributed by atoms with Crippen molar-refractivity contribution in [3.63, 3.8) is 0 Å². The first-order valence-corrected chi connectivity index (χ1v) is 10.3. The number of nitrogens with zero attached hydrogens (tertiary/aromatic N) is 2. The van der Waals surface area contributed by atoms with E-state index >= 15 is 0 Å². The van der Waals surface area contributed by atoms with E-state index in [4.69, 9.17) is 5.14 Å². The summed E-state index contributed by atoms with van der Waals surface area (Å²) >= 11 is 0. The Morgan fingerprint density at radius 1 is 1.15 bits per heavy atom. The van der Waals surface area contributed by atoms with Crippen LogP contribution in [0.25, 0.3) is 0 Å². The van der Waals surface area contributed by atoms with Crippen LogP contribution in [0, 0.1) is 5.92 Å². The highest BCUT2D eigenvalue weighted by Crippen LogP contribution is 2.37. The number of sulfonamides is 1. The first-order valence-electron chi connectivity index (χ1n) is 8.74. The van der Waals surface area contributed by atoms with Crippen molar-refractivity contribution in [1.82, 2.24) is 4.90 Å². The molecule has 0 bridgehead atoms. The molecule has 0 aromatic heterocycles. The molecule has 3 rings (SSSR count). The fourth-order valence-electron chi connectivity index (χ4n) is 3.35. The molecule has 146 valence electrons. The van der Waals surface area contributed by atoms with Crippen molar-refractivity contribution in [2.75, 3.05) is 4.90 Å². The van der Waals surface area contributed by atoms with Crippen molar-refractivity contribution >= 4 is 33.4 Å². The van der Waals surface area contributed by atoms with Crippen molar-refractivity contribution < 1.29 is 22.8 Å². The molecule has 8 nitrogen and oxygen atoms in total. The summed E-state index contributed by atoms with van der Waals surface area (Å²) in [5.41, 5.74) is -0.346. The molecule has 1 saturated carbocycles. The minimum absolute atomic E-state index is 0.0739. The van der Waals surface area contributed by atoms with E-state index < -0.39 is 33.4 Å². The number of nitrogens with two attached hydrogens (primary N) is 1. The second kappa shape index (κ2) is 6.42. The zero-order valence-corrected chi connectivity index (χ0v) is 16.3. The molecule has 1 heterocycles. The Labute approximate surface area is 158 Å². The molecule has 1 aromatic rings. The summed E-state index contributed by atoms with van der Waals surface area (Å²) in [6.07, 6.45) is 1.52. The zero-order valence-electron chi connectivity index (χ0n) is 15.5. The second-order valence-corrected chi connectivity index (χ2v) is 9.54. The van der Waals surface area contributed by atoms with Gasteiger partial charge in [-0.25, -0.2) is 18.5 Å². The number of imide groups is 1. The van der Waals surface area contributed by atoms with E-state index in [9.17, 15) is 22.8 Å². The number of benzene rings is 1. The van der Waals surface area contributed by atoms with Crippen LogP contribution >= 0.6 is 0 Å². The van der Waals surface area contributed by atoms with Gasteiger partial charge < -0.3 is 4.90 Å². The van der Waals surface area contributed by atoms with Gasteiger partial charge in [0.15, 0.2) is 0 Å². The van der Waals surface area contributed by atoms with Crippen LogP contribution in [0.15, 0.2) is 29.2 Å². The highest BCUT2D eigenvalue weighted by atomic mass is 32.2. The van der Waals surface area contributed by atoms with Crippen molar-refractivity contribution in [2.45, 2.75) is 56.5 Å². The Morgan fingerprint density at radius 2 is 1.70 bits per heavy atom. The number of primary sulfonamides is 1. The van der Waals surface area contributed by atoms with Gasteiger partial charge in [0.05, 0.1) is 17.0 Å². The van der Waals surface area contributed by atoms with Crippen LogP contribution < -0.4 is 10.0 Å². The van der Waals surface area contributed by atoms with Crippen molar-refractivity contribution in [3.8, 4) is 0 Å². The largest absolute Gasteiger partial charge is 0.325 e. The molecule has 1 saturated heterocycles. The third-order valence-electron chi connectivity index (χ3n) is 4.74. The highest BCUT2D eigenvalue weighted by molar-refractivity contribution is 7.89. The van der Waals surface area contributed by atoms with Gasteiger partial charge in [0.1, 0.15) is 6.04 Å². The summed E-state index contributed by atoms with van der Waals surface area (Å²) in [5.74, 6) is -1.08. The van der Waals surface area contributed by atoms with Crippen molar-refractivity contribution in [1.29, 1.82) is 0 Å². The van der Waals surface area contributed by atoms with E-state index in [1.165, 1.54) is 29.2 Å². The molecule has 1 unspecified atom stereocenters. The summed E-state index contributed by atoms with van der Waals surface area (Å²) in [6, 6.07) is 4.36. The molecule has 27 heavy (non-hydrogen) atoms. The first kappa shape index (κ1) is 19.5. The number of carbonyl (C=O) groups is 3. The Hall–Kier alpha value is -2.26. The summed E-state index contributed by atoms with van der Waals surface area (Å²) in [7, 11) is -3.87. The van der Waals surface area contributed by atoms with Gasteiger partial charge in [0.2, 0.25) is 21.8 Å². The van der Waals surface area contributed by atoms with E-state index in [0.29, 0.717) is 0 Å². The van der Waals surface area contributed by atoms with Crippen LogP contribution in [0.3, 0.4) is 0 Å². The third kappa shape index (κ3) is 3.74. The van der Waals surface area contributed by atoms with Crippen LogP contribution in [-0.4, -0.2) is 42.6 Å². The number of rotatable bonds is 4. The summed E-state index contributed by atoms with van der Waals surface area (Å²) in [6.45, 7) is 5.53. The van der Waals surface area contributed by atoms with E-state index in [1.807, 2.05) is 20.8 Å². The minimum atomic E-state index is -3.87. The quantitative estimate of drug-likeness (QED) is 0.766. The van der Waals surface area contributed by atoms with Crippen LogP contribution in [-0.2, 0) is 24.4 Å². The first-order chi connectivity index (χ1) is 12.4. The molecule has 1 aliphatic heterocycles. The van der Waals surface area contributed by atoms with Crippen molar-refractivity contribution in [2.24, 2.45) is 11.1 Å². The molecule has 2 fully saturated rings. The van der Waals surface area contributed by atoms with Crippen molar-refractivity contribution in [3.05, 3.63) is 24.3 Å². The fraction of sp³-hybridized carbons (Fsp3) is 0.500. The molecule has 3 amide bonds. The Morgan fingerprint density at radius 3 is 2.15 bits per heavy atom. The maximum atomic E-state index is 13.0. The number of hydrogen-bond acceptors (Lipinski definition) is 5. The topological polar surface area (TPSA) is 118 Å². The predicted octanol–water partition coefficient (Wildman–Crippen LogP) is 1.00. The molecule has 0 radical (unpaired) electrons. The van der Waals surface area contributed by atoms with Crippen LogP contribution in [0.5, 0.6) is 0 Å². The third-order valence-corrected chi connectivity index (χ3v) is 5.67. The lowest BCUT2D eigenvalue weighted by Gasteiger charge is -2.39. The number of amides is 3. The van der Waals surface area contributed by atoms with Crippen LogP contribution in [0.2, 0.25) is 0 Å². The molecule has 1 aliphatic carbocycles. The summed E-state index contributed by atoms with van der Waals surface area (Å²) in [4.78, 5) is 40.7. The highest BCUT2D eigenvalue weighted by Gasteiger charge is 2.50. The SMILES string of the molecule is CC(C)(C)N(C(=O)C1CC1)C1CC(=O)N(c2ccc(S(N)(=O)=O)cc2)C1=O. The van der Waals surface area contributed by atoms with Gasteiger partial charge in [0, 0.05) is 11.5 Å². The fourth-order valence-corrected chi connectivity index (χ4v) is 3.87. The molecule has 0 spiro atoms. The minimum Gasteiger partial charge on any atom is -0.325 e. The molecule has 1 atom stereocenters. The van der Waals surface area contributed by atoms with Gasteiger partial charge >= 0.3 is 0 Å². The summed E-state index contributed by atoms with van der Waals surface area (Å²) < 4.78 is 22.8. The van der Waals surface area contributed by atoms with Gasteiger partial charge in [-0.3, -0.25) is 14.4 Å². The normalized spacial score (nSPS) is 20.9. The van der Waals surface area contributed by atoms with E-state index in [-0.39, 0.29) is 28.8 Å². The van der Waals surface area contributed by atoms with E-state index in [1.54, 1.807) is 0 Å². The maximum absolute atomic E-state index is 13.0. The average molecular weight is 393 g/mol. The Kier molecular flexibility index (Phi) is 4.63. The Bertz CT molecular complexity index is 898. The van der Waals surface area contributed by atoms with Gasteiger partial charge in [0.25, 0.3) is 5.91 Å². The van der Waals surface area contributed by atoms with Gasteiger partial charge in [-0.15, -0.1) is 0 Å². The zero-order chi connectivity index (χ0) is 20.1. The second-order valence-electron chi connectivity index (χ2n) is 7.98. The molecule has 1 aromatic carbocycles. The molecule has 2 aliphatic rings. The number of hydrogen-bond donors (Lipinski definition) is 1. The molecule has 2 N–H and O–H groups in total. The predicted molar refractivity (Wildman–Crippen MR) is 98.0 cm³/mol. The van der Waals surface area contributed by atoms with E-state index in [2.05, 4.69) is 0 Å². The number of carbonyl (C=O) groups excluding carboxylic acids is 3. The lowest BCUT2D eigenvalue weighted by molar-refractivity contribution is -0.145. The number of anilines is 1. The van der Waals surface area contributed by atoms with Crippen LogP contribution in [0.4, 0.5) is 5.69 Å². The Balaban J connectivity index is 1.91. The smallest absolute Gasteiger partial charge is 0.257 e. The van der Waals surface area contributed by atoms with Gasteiger partial charge in [-0.05, 0) is 57.9 Å². The van der Waals surface area contributed by atoms with Gasteiger partial charge in [-0.2, -0.15) is 0 Å². The average Bonchev–Trinajstić information content (AvgIpc) is 3.33. The van der Waals surface area contributed by atoms with Gasteiger partial charge in [-0.1, -0.05) is 0 Å². The summed E-state index contributed by atoms with van der Waals surface area (Å²) in [5, 5.41) is 5.07. The molecular formula is C18H23N3O5S. The standard InChI is InChI=1S/C18H23N3O5S/c1-18(2,3)21(16(23)11-4-5-11)14-10-15(22)20(17(14)24)12-6-8-13(9-7-12)27(19,25)26/h6-9,11,14H,4-5,10H2,1-3H3,(H2,19,25,26). The molecular weight excluding hydrogens is 370 g/mol. The van der Waals surface area contributed by atoms with Crippen LogP contribution in [0.1, 0.15) is 40.0 Å². The molecule has 9 heteroatoms. The lowest BCUT2D eigenvalue weighted by Crippen LogP contribution is -2.55. The van der Waals surface area contributed by atoms with E-state index in [0.717, 1.165) is 17.7 Å². The monoisotopic (exact) mass is 393 g/mol. The maximum Gasteiger partial charge on any atom is 0.257 e.